The Morgan fingerprint density at radius 2 is 1.75 bits per heavy atom. The second kappa shape index (κ2) is 3.65. The first-order valence-corrected chi connectivity index (χ1v) is 3.71. The molecule has 7 N–H and O–H groups in total. The highest BCUT2D eigenvalue weighted by atomic mass is 16.6. The number of aliphatic hydroxyl groups excluding tert-OH is 4. The zero-order valence-electron chi connectivity index (χ0n) is 6.50. The quantitative estimate of drug-likeness (QED) is 0.282. The summed E-state index contributed by atoms with van der Waals surface area (Å²) in [5.41, 5.74) is 3.41. The van der Waals surface area contributed by atoms with Crippen LogP contribution < -0.4 is 5.73 Å². The zero-order valence-corrected chi connectivity index (χ0v) is 6.50. The topological polar surface area (TPSA) is 118 Å². The van der Waals surface area contributed by atoms with Gasteiger partial charge in [-0.25, -0.2) is 0 Å². The average molecular weight is 180 g/mol. The van der Waals surface area contributed by atoms with Gasteiger partial charge in [0.25, 0.3) is 0 Å². The average Bonchev–Trinajstić information content (AvgIpc) is 2.08. The van der Waals surface area contributed by atoms with Gasteiger partial charge in [-0.15, -0.1) is 0 Å². The van der Waals surface area contributed by atoms with Crippen molar-refractivity contribution in [2.75, 3.05) is 6.61 Å². The SMILES string of the molecule is [NH3+][C@@H]1[C@H](O)[C@@H](O)[C@H](CO)O[C@H]1O. The molecule has 0 aromatic heterocycles. The van der Waals surface area contributed by atoms with Crippen LogP contribution in [0.25, 0.3) is 0 Å². The maximum atomic E-state index is 9.25. The Bertz CT molecular complexity index is 150. The standard InChI is InChI=1S/C6H13NO5/c7-3-5(10)4(9)2(1-8)12-6(3)11/h2-6,8-11H,1,7H2/p+1/t2-,3+,4-,5-,6+/m0/s1. The van der Waals surface area contributed by atoms with E-state index in [1.165, 1.54) is 0 Å². The lowest BCUT2D eigenvalue weighted by molar-refractivity contribution is -0.497. The molecule has 1 aliphatic heterocycles. The van der Waals surface area contributed by atoms with Crippen molar-refractivity contribution in [3.05, 3.63) is 0 Å². The molecule has 5 atom stereocenters. The Morgan fingerprint density at radius 1 is 1.17 bits per heavy atom. The molecule has 0 saturated carbocycles. The Kier molecular flexibility index (Phi) is 2.99. The van der Waals surface area contributed by atoms with Crippen LogP contribution in [0, 0.1) is 0 Å². The number of aliphatic hydroxyl groups is 4. The summed E-state index contributed by atoms with van der Waals surface area (Å²) in [6, 6.07) is -0.789. The molecule has 0 spiro atoms. The zero-order chi connectivity index (χ0) is 9.30. The molecule has 0 unspecified atom stereocenters. The molecule has 0 radical (unpaired) electrons. The van der Waals surface area contributed by atoms with Crippen molar-refractivity contribution >= 4 is 0 Å². The molecule has 0 amide bonds. The molecular formula is C6H14NO5+. The molecule has 1 rings (SSSR count). The Labute approximate surface area is 69.2 Å². The van der Waals surface area contributed by atoms with Crippen LogP contribution in [0.3, 0.4) is 0 Å². The van der Waals surface area contributed by atoms with Crippen LogP contribution in [-0.4, -0.2) is 57.7 Å². The molecule has 0 aromatic rings. The number of hydrogen-bond acceptors (Lipinski definition) is 5. The van der Waals surface area contributed by atoms with Crippen LogP contribution >= 0.6 is 0 Å². The second-order valence-electron chi connectivity index (χ2n) is 2.89. The smallest absolute Gasteiger partial charge is 0.211 e. The molecule has 72 valence electrons. The fourth-order valence-corrected chi connectivity index (χ4v) is 1.15. The van der Waals surface area contributed by atoms with E-state index in [1.807, 2.05) is 0 Å². The third-order valence-corrected chi connectivity index (χ3v) is 2.03. The van der Waals surface area contributed by atoms with Gasteiger partial charge >= 0.3 is 0 Å². The van der Waals surface area contributed by atoms with Gasteiger partial charge < -0.3 is 30.9 Å². The third kappa shape index (κ3) is 1.58. The van der Waals surface area contributed by atoms with E-state index in [2.05, 4.69) is 5.73 Å². The van der Waals surface area contributed by atoms with E-state index >= 15 is 0 Å². The van der Waals surface area contributed by atoms with Gasteiger partial charge in [0.05, 0.1) is 6.61 Å². The minimum absolute atomic E-state index is 0.442. The van der Waals surface area contributed by atoms with E-state index in [0.29, 0.717) is 0 Å². The minimum atomic E-state index is -1.24. The highest BCUT2D eigenvalue weighted by Gasteiger charge is 2.43. The first kappa shape index (κ1) is 9.85. The van der Waals surface area contributed by atoms with Gasteiger partial charge in [0.15, 0.2) is 6.04 Å². The van der Waals surface area contributed by atoms with Gasteiger partial charge in [0, 0.05) is 0 Å². The molecule has 6 nitrogen and oxygen atoms in total. The lowest BCUT2D eigenvalue weighted by atomic mass is 9.98. The van der Waals surface area contributed by atoms with Crippen molar-refractivity contribution in [3.63, 3.8) is 0 Å². The van der Waals surface area contributed by atoms with Gasteiger partial charge in [-0.05, 0) is 0 Å². The maximum absolute atomic E-state index is 9.25. The summed E-state index contributed by atoms with van der Waals surface area (Å²) >= 11 is 0. The van der Waals surface area contributed by atoms with Gasteiger partial charge in [0.1, 0.15) is 18.3 Å². The predicted molar refractivity (Wildman–Crippen MR) is 36.7 cm³/mol. The molecule has 1 saturated heterocycles. The minimum Gasteiger partial charge on any atom is -0.394 e. The number of hydrogen-bond donors (Lipinski definition) is 5. The first-order valence-electron chi connectivity index (χ1n) is 3.71. The van der Waals surface area contributed by atoms with E-state index < -0.39 is 37.3 Å². The van der Waals surface area contributed by atoms with Crippen molar-refractivity contribution in [2.45, 2.75) is 30.6 Å². The van der Waals surface area contributed by atoms with E-state index in [1.54, 1.807) is 0 Å². The highest BCUT2D eigenvalue weighted by molar-refractivity contribution is 4.87. The first-order chi connectivity index (χ1) is 5.57. The van der Waals surface area contributed by atoms with Gasteiger partial charge in [-0.2, -0.15) is 0 Å². The molecule has 0 aliphatic carbocycles. The van der Waals surface area contributed by atoms with Gasteiger partial charge in [0.2, 0.25) is 6.29 Å². The highest BCUT2D eigenvalue weighted by Crippen LogP contribution is 2.16. The monoisotopic (exact) mass is 180 g/mol. The largest absolute Gasteiger partial charge is 0.394 e. The second-order valence-corrected chi connectivity index (χ2v) is 2.89. The third-order valence-electron chi connectivity index (χ3n) is 2.03. The number of quaternary nitrogens is 1. The van der Waals surface area contributed by atoms with Crippen molar-refractivity contribution in [1.82, 2.24) is 0 Å². The van der Waals surface area contributed by atoms with Crippen LogP contribution in [-0.2, 0) is 4.74 Å². The lowest BCUT2D eigenvalue weighted by Crippen LogP contribution is -2.77. The number of rotatable bonds is 1. The fraction of sp³-hybridized carbons (Fsp3) is 1.00. The van der Waals surface area contributed by atoms with Crippen molar-refractivity contribution in [2.24, 2.45) is 0 Å². The van der Waals surface area contributed by atoms with Crippen molar-refractivity contribution in [1.29, 1.82) is 0 Å². The molecule has 1 fully saturated rings. The Hall–Kier alpha value is -0.240. The van der Waals surface area contributed by atoms with E-state index in [0.717, 1.165) is 0 Å². The summed E-state index contributed by atoms with van der Waals surface area (Å²) in [5.74, 6) is 0. The predicted octanol–water partition coefficient (Wildman–Crippen LogP) is -3.97. The fourth-order valence-electron chi connectivity index (χ4n) is 1.15. The molecule has 0 aromatic carbocycles. The van der Waals surface area contributed by atoms with Crippen LogP contribution in [0.1, 0.15) is 0 Å². The van der Waals surface area contributed by atoms with E-state index in [4.69, 9.17) is 14.9 Å². The maximum Gasteiger partial charge on any atom is 0.211 e. The summed E-state index contributed by atoms with van der Waals surface area (Å²) in [6.45, 7) is -0.442. The Balaban J connectivity index is 2.63. The van der Waals surface area contributed by atoms with E-state index in [9.17, 15) is 10.2 Å². The van der Waals surface area contributed by atoms with Crippen LogP contribution in [0.5, 0.6) is 0 Å². The van der Waals surface area contributed by atoms with E-state index in [-0.39, 0.29) is 0 Å². The van der Waals surface area contributed by atoms with Gasteiger partial charge in [-0.1, -0.05) is 0 Å². The Morgan fingerprint density at radius 3 is 2.25 bits per heavy atom. The van der Waals surface area contributed by atoms with Crippen LogP contribution in [0.4, 0.5) is 0 Å². The molecule has 1 aliphatic rings. The molecule has 12 heavy (non-hydrogen) atoms. The summed E-state index contributed by atoms with van der Waals surface area (Å²) in [5, 5.41) is 36.3. The van der Waals surface area contributed by atoms with Crippen LogP contribution in [0.2, 0.25) is 0 Å². The summed E-state index contributed by atoms with van der Waals surface area (Å²) in [6.07, 6.45) is -4.53. The number of ether oxygens (including phenoxy) is 1. The summed E-state index contributed by atoms with van der Waals surface area (Å²) < 4.78 is 4.76. The summed E-state index contributed by atoms with van der Waals surface area (Å²) in [7, 11) is 0. The van der Waals surface area contributed by atoms with Crippen molar-refractivity contribution < 1.29 is 30.9 Å². The lowest BCUT2D eigenvalue weighted by Gasteiger charge is -2.36. The molecule has 6 heteroatoms. The van der Waals surface area contributed by atoms with Gasteiger partial charge in [-0.3, -0.25) is 0 Å². The molecule has 1 heterocycles. The van der Waals surface area contributed by atoms with Crippen LogP contribution in [0.15, 0.2) is 0 Å². The molecular weight excluding hydrogens is 166 g/mol. The van der Waals surface area contributed by atoms with Crippen molar-refractivity contribution in [3.8, 4) is 0 Å². The normalized spacial score (nSPS) is 49.2. The summed E-state index contributed by atoms with van der Waals surface area (Å²) in [4.78, 5) is 0. The molecule has 0 bridgehead atoms.